The van der Waals surface area contributed by atoms with E-state index in [-0.39, 0.29) is 10.6 Å². The zero-order valence-corrected chi connectivity index (χ0v) is 12.7. The van der Waals surface area contributed by atoms with E-state index in [1.165, 1.54) is 17.4 Å². The van der Waals surface area contributed by atoms with Crippen LogP contribution in [0.2, 0.25) is 0 Å². The number of halogens is 1. The minimum atomic E-state index is -3.93. The third-order valence-corrected chi connectivity index (χ3v) is 5.93. The van der Waals surface area contributed by atoms with E-state index >= 15 is 0 Å². The Labute approximate surface area is 126 Å². The van der Waals surface area contributed by atoms with Gasteiger partial charge in [-0.3, -0.25) is 4.72 Å². The van der Waals surface area contributed by atoms with E-state index in [2.05, 4.69) is 9.71 Å². The van der Waals surface area contributed by atoms with Crippen molar-refractivity contribution in [2.75, 3.05) is 10.5 Å². The molecule has 0 spiro atoms. The van der Waals surface area contributed by atoms with Crippen LogP contribution in [0.3, 0.4) is 0 Å². The summed E-state index contributed by atoms with van der Waals surface area (Å²) in [6, 6.07) is 3.26. The predicted molar refractivity (Wildman–Crippen MR) is 80.4 cm³/mol. The minimum absolute atomic E-state index is 0.00483. The molecule has 1 aromatic heterocycles. The highest BCUT2D eigenvalue weighted by molar-refractivity contribution is 7.93. The van der Waals surface area contributed by atoms with Gasteiger partial charge in [0.05, 0.1) is 11.4 Å². The second-order valence-corrected chi connectivity index (χ2v) is 7.62. The molecule has 0 bridgehead atoms. The van der Waals surface area contributed by atoms with Crippen LogP contribution in [0.4, 0.5) is 15.2 Å². The van der Waals surface area contributed by atoms with Gasteiger partial charge >= 0.3 is 0 Å². The van der Waals surface area contributed by atoms with Crippen molar-refractivity contribution >= 4 is 32.2 Å². The molecule has 1 heterocycles. The number of nitrogens with zero attached hydrogens (tertiary/aromatic N) is 1. The molecule has 0 saturated carbocycles. The first-order valence-corrected chi connectivity index (χ1v) is 8.82. The maximum atomic E-state index is 13.2. The van der Waals surface area contributed by atoms with Gasteiger partial charge in [0.25, 0.3) is 10.0 Å². The molecule has 8 heteroatoms. The van der Waals surface area contributed by atoms with Crippen LogP contribution >= 0.6 is 11.3 Å². The summed E-state index contributed by atoms with van der Waals surface area (Å²) in [6.07, 6.45) is 3.96. The summed E-state index contributed by atoms with van der Waals surface area (Å²) in [7, 11) is -3.93. The van der Waals surface area contributed by atoms with E-state index in [4.69, 9.17) is 5.73 Å². The highest BCUT2D eigenvalue weighted by Gasteiger charge is 2.22. The van der Waals surface area contributed by atoms with E-state index in [1.807, 2.05) is 0 Å². The summed E-state index contributed by atoms with van der Waals surface area (Å²) < 4.78 is 40.2. The first-order chi connectivity index (χ1) is 9.95. The van der Waals surface area contributed by atoms with Crippen LogP contribution in [0.15, 0.2) is 23.1 Å². The molecule has 0 unspecified atom stereocenters. The average Bonchev–Trinajstić information content (AvgIpc) is 2.82. The third-order valence-electron chi connectivity index (χ3n) is 3.33. The number of rotatable bonds is 3. The second-order valence-electron chi connectivity index (χ2n) is 4.88. The first-order valence-electron chi connectivity index (χ1n) is 6.52. The molecule has 1 aliphatic carbocycles. The van der Waals surface area contributed by atoms with Crippen molar-refractivity contribution in [3.63, 3.8) is 0 Å². The molecule has 3 rings (SSSR count). The number of nitrogens with one attached hydrogen (secondary N) is 1. The van der Waals surface area contributed by atoms with E-state index in [1.54, 1.807) is 0 Å². The number of hydrogen-bond acceptors (Lipinski definition) is 5. The van der Waals surface area contributed by atoms with Crippen molar-refractivity contribution in [3.8, 4) is 0 Å². The topological polar surface area (TPSA) is 85.1 Å². The molecule has 0 radical (unpaired) electrons. The lowest BCUT2D eigenvalue weighted by molar-refractivity contribution is 0.596. The number of anilines is 2. The van der Waals surface area contributed by atoms with Crippen LogP contribution in [0.25, 0.3) is 0 Å². The zero-order valence-electron chi connectivity index (χ0n) is 11.1. The molecule has 112 valence electrons. The van der Waals surface area contributed by atoms with E-state index < -0.39 is 15.8 Å². The van der Waals surface area contributed by atoms with Crippen LogP contribution in [0.1, 0.15) is 23.4 Å². The monoisotopic (exact) mass is 327 g/mol. The number of nitrogen functional groups attached to an aromatic ring is 1. The third kappa shape index (κ3) is 2.86. The van der Waals surface area contributed by atoms with Gasteiger partial charge in [0.15, 0.2) is 5.13 Å². The fourth-order valence-corrected chi connectivity index (χ4v) is 4.74. The Hall–Kier alpha value is -1.67. The number of aryl methyl sites for hydroxylation is 2. The summed E-state index contributed by atoms with van der Waals surface area (Å²) in [5.41, 5.74) is 6.58. The van der Waals surface area contributed by atoms with Crippen molar-refractivity contribution < 1.29 is 12.8 Å². The van der Waals surface area contributed by atoms with Crippen LogP contribution in [0, 0.1) is 5.82 Å². The largest absolute Gasteiger partial charge is 0.398 e. The Bertz CT molecular complexity index is 763. The number of aromatic nitrogens is 1. The molecule has 0 saturated heterocycles. The average molecular weight is 327 g/mol. The van der Waals surface area contributed by atoms with Gasteiger partial charge in [-0.25, -0.2) is 17.8 Å². The standard InChI is InChI=1S/C13H14FN3O2S2/c14-8-5-6-9(15)12(7-8)21(18,19)17-13-16-10-3-1-2-4-11(10)20-13/h5-7H,1-4,15H2,(H,16,17). The van der Waals surface area contributed by atoms with Crippen LogP contribution in [-0.4, -0.2) is 13.4 Å². The number of nitrogens with two attached hydrogens (primary N) is 1. The van der Waals surface area contributed by atoms with Crippen LogP contribution < -0.4 is 10.5 Å². The Morgan fingerprint density at radius 1 is 1.29 bits per heavy atom. The van der Waals surface area contributed by atoms with Gasteiger partial charge in [0, 0.05) is 4.88 Å². The highest BCUT2D eigenvalue weighted by atomic mass is 32.2. The zero-order chi connectivity index (χ0) is 15.0. The molecule has 0 aliphatic heterocycles. The van der Waals surface area contributed by atoms with Crippen molar-refractivity contribution in [1.29, 1.82) is 0 Å². The first kappa shape index (κ1) is 14.3. The van der Waals surface area contributed by atoms with Gasteiger partial charge < -0.3 is 5.73 Å². The minimum Gasteiger partial charge on any atom is -0.398 e. The molecule has 3 N–H and O–H groups in total. The van der Waals surface area contributed by atoms with Crippen molar-refractivity contribution in [3.05, 3.63) is 34.6 Å². The smallest absolute Gasteiger partial charge is 0.265 e. The van der Waals surface area contributed by atoms with Crippen LogP contribution in [0.5, 0.6) is 0 Å². The van der Waals surface area contributed by atoms with Crippen molar-refractivity contribution in [2.45, 2.75) is 30.6 Å². The van der Waals surface area contributed by atoms with Gasteiger partial charge in [-0.05, 0) is 43.9 Å². The Kier molecular flexibility index (Phi) is 3.58. The van der Waals surface area contributed by atoms with Crippen LogP contribution in [-0.2, 0) is 22.9 Å². The maximum absolute atomic E-state index is 13.2. The fourth-order valence-electron chi connectivity index (χ4n) is 2.31. The van der Waals surface area contributed by atoms with Gasteiger partial charge in [0.2, 0.25) is 0 Å². The van der Waals surface area contributed by atoms with Crippen molar-refractivity contribution in [2.24, 2.45) is 0 Å². The van der Waals surface area contributed by atoms with E-state index in [0.29, 0.717) is 5.13 Å². The number of sulfonamides is 1. The molecule has 1 aliphatic rings. The fraction of sp³-hybridized carbons (Fsp3) is 0.308. The molecular weight excluding hydrogens is 313 g/mol. The van der Waals surface area contributed by atoms with E-state index in [0.717, 1.165) is 48.4 Å². The molecule has 0 fully saturated rings. The number of benzene rings is 1. The molecule has 2 aromatic rings. The molecular formula is C13H14FN3O2S2. The summed E-state index contributed by atoms with van der Waals surface area (Å²) in [5, 5.41) is 0.311. The lowest BCUT2D eigenvalue weighted by atomic mass is 10.0. The second kappa shape index (κ2) is 5.27. The highest BCUT2D eigenvalue weighted by Crippen LogP contribution is 2.31. The molecule has 21 heavy (non-hydrogen) atoms. The van der Waals surface area contributed by atoms with Gasteiger partial charge in [-0.1, -0.05) is 0 Å². The SMILES string of the molecule is Nc1ccc(F)cc1S(=O)(=O)Nc1nc2c(s1)CCCC2. The van der Waals surface area contributed by atoms with Gasteiger partial charge in [0.1, 0.15) is 10.7 Å². The molecule has 1 aromatic carbocycles. The quantitative estimate of drug-likeness (QED) is 0.848. The van der Waals surface area contributed by atoms with Gasteiger partial charge in [-0.2, -0.15) is 0 Å². The maximum Gasteiger partial charge on any atom is 0.265 e. The Morgan fingerprint density at radius 3 is 2.81 bits per heavy atom. The van der Waals surface area contributed by atoms with Crippen molar-refractivity contribution in [1.82, 2.24) is 4.98 Å². The summed E-state index contributed by atoms with van der Waals surface area (Å²) in [5.74, 6) is -0.650. The Balaban J connectivity index is 1.92. The number of hydrogen-bond donors (Lipinski definition) is 2. The number of thiazole rings is 1. The Morgan fingerprint density at radius 2 is 2.05 bits per heavy atom. The molecule has 5 nitrogen and oxygen atoms in total. The van der Waals surface area contributed by atoms with Gasteiger partial charge in [-0.15, -0.1) is 11.3 Å². The molecule has 0 atom stereocenters. The summed E-state index contributed by atoms with van der Waals surface area (Å²) >= 11 is 1.33. The molecule has 0 amide bonds. The summed E-state index contributed by atoms with van der Waals surface area (Å²) in [4.78, 5) is 5.16. The lowest BCUT2D eigenvalue weighted by Gasteiger charge is -2.07. The predicted octanol–water partition coefficient (Wildman–Crippen LogP) is 2.54. The van der Waals surface area contributed by atoms with E-state index in [9.17, 15) is 12.8 Å². The summed E-state index contributed by atoms with van der Waals surface area (Å²) in [6.45, 7) is 0. The number of fused-ring (bicyclic) bond motifs is 1. The normalized spacial score (nSPS) is 14.7. The lowest BCUT2D eigenvalue weighted by Crippen LogP contribution is -2.15.